The SMILES string of the molecule is CCO[SiH](Cc1ccccc1N)OCC. The number of hydrogen-bond donors (Lipinski definition) is 1. The summed E-state index contributed by atoms with van der Waals surface area (Å²) in [5.74, 6) is 0. The predicted molar refractivity (Wildman–Crippen MR) is 65.0 cm³/mol. The molecular formula is C11H19NO2Si. The molecule has 0 amide bonds. The van der Waals surface area contributed by atoms with Gasteiger partial charge in [0, 0.05) is 24.9 Å². The van der Waals surface area contributed by atoms with Gasteiger partial charge in [-0.2, -0.15) is 0 Å². The molecule has 4 heteroatoms. The lowest BCUT2D eigenvalue weighted by Crippen LogP contribution is -2.26. The van der Waals surface area contributed by atoms with Crippen LogP contribution in [0.4, 0.5) is 5.69 Å². The lowest BCUT2D eigenvalue weighted by Gasteiger charge is -2.15. The van der Waals surface area contributed by atoms with Gasteiger partial charge >= 0.3 is 9.28 Å². The molecule has 0 saturated carbocycles. The largest absolute Gasteiger partial charge is 0.399 e. The van der Waals surface area contributed by atoms with Crippen LogP contribution in [0.25, 0.3) is 0 Å². The Hall–Kier alpha value is -0.843. The molecule has 84 valence electrons. The van der Waals surface area contributed by atoms with E-state index in [2.05, 4.69) is 0 Å². The molecule has 0 aliphatic rings. The molecule has 15 heavy (non-hydrogen) atoms. The van der Waals surface area contributed by atoms with E-state index in [4.69, 9.17) is 14.6 Å². The van der Waals surface area contributed by atoms with Gasteiger partial charge < -0.3 is 14.6 Å². The van der Waals surface area contributed by atoms with Crippen LogP contribution in [0.1, 0.15) is 19.4 Å². The smallest absolute Gasteiger partial charge is 0.325 e. The molecule has 0 heterocycles. The standard InChI is InChI=1S/C11H19NO2Si/c1-3-13-15(14-4-2)9-10-7-5-6-8-11(10)12/h5-8,15H,3-4,9,12H2,1-2H3. The molecule has 0 spiro atoms. The Morgan fingerprint density at radius 3 is 2.27 bits per heavy atom. The lowest BCUT2D eigenvalue weighted by atomic mass is 10.2. The maximum atomic E-state index is 5.87. The Bertz CT molecular complexity index is 288. The molecule has 0 unspecified atom stereocenters. The van der Waals surface area contributed by atoms with E-state index in [9.17, 15) is 0 Å². The van der Waals surface area contributed by atoms with Crippen molar-refractivity contribution < 1.29 is 8.85 Å². The molecule has 2 N–H and O–H groups in total. The fourth-order valence-corrected chi connectivity index (χ4v) is 3.24. The van der Waals surface area contributed by atoms with Gasteiger partial charge in [-0.15, -0.1) is 0 Å². The van der Waals surface area contributed by atoms with Crippen molar-refractivity contribution in [3.8, 4) is 0 Å². The first-order chi connectivity index (χ1) is 7.27. The summed E-state index contributed by atoms with van der Waals surface area (Å²) in [5.41, 5.74) is 7.84. The third-order valence-corrected chi connectivity index (χ3v) is 4.33. The number of hydrogen-bond acceptors (Lipinski definition) is 3. The van der Waals surface area contributed by atoms with Gasteiger partial charge in [-0.3, -0.25) is 0 Å². The van der Waals surface area contributed by atoms with Crippen molar-refractivity contribution in [3.05, 3.63) is 29.8 Å². The van der Waals surface area contributed by atoms with Crippen molar-refractivity contribution in [1.29, 1.82) is 0 Å². The van der Waals surface area contributed by atoms with E-state index in [-0.39, 0.29) is 0 Å². The molecule has 0 aromatic heterocycles. The molecule has 0 aliphatic heterocycles. The Morgan fingerprint density at radius 2 is 1.73 bits per heavy atom. The highest BCUT2D eigenvalue weighted by Crippen LogP contribution is 2.13. The van der Waals surface area contributed by atoms with Gasteiger partial charge in [-0.1, -0.05) is 18.2 Å². The van der Waals surface area contributed by atoms with Gasteiger partial charge in [-0.25, -0.2) is 0 Å². The van der Waals surface area contributed by atoms with Gasteiger partial charge in [0.1, 0.15) is 0 Å². The number of rotatable bonds is 6. The van der Waals surface area contributed by atoms with Gasteiger partial charge in [0.25, 0.3) is 0 Å². The summed E-state index contributed by atoms with van der Waals surface area (Å²) in [7, 11) is -1.57. The second-order valence-electron chi connectivity index (χ2n) is 3.24. The maximum absolute atomic E-state index is 5.87. The molecule has 0 radical (unpaired) electrons. The van der Waals surface area contributed by atoms with Crippen LogP contribution < -0.4 is 5.73 Å². The Kier molecular flexibility index (Phi) is 5.38. The van der Waals surface area contributed by atoms with Crippen LogP contribution in [0, 0.1) is 0 Å². The zero-order chi connectivity index (χ0) is 11.1. The monoisotopic (exact) mass is 225 g/mol. The zero-order valence-electron chi connectivity index (χ0n) is 9.40. The highest BCUT2D eigenvalue weighted by Gasteiger charge is 2.14. The fraction of sp³-hybridized carbons (Fsp3) is 0.455. The minimum Gasteiger partial charge on any atom is -0.399 e. The molecule has 3 nitrogen and oxygen atoms in total. The topological polar surface area (TPSA) is 44.5 Å². The van der Waals surface area contributed by atoms with E-state index >= 15 is 0 Å². The van der Waals surface area contributed by atoms with E-state index in [0.29, 0.717) is 13.2 Å². The average molecular weight is 225 g/mol. The van der Waals surface area contributed by atoms with E-state index in [1.54, 1.807) is 0 Å². The quantitative estimate of drug-likeness (QED) is 0.591. The summed E-state index contributed by atoms with van der Waals surface area (Å²) in [5, 5.41) is 0. The zero-order valence-corrected chi connectivity index (χ0v) is 10.6. The van der Waals surface area contributed by atoms with E-state index in [1.165, 1.54) is 0 Å². The van der Waals surface area contributed by atoms with Crippen molar-refractivity contribution in [2.75, 3.05) is 18.9 Å². The summed E-state index contributed by atoms with van der Waals surface area (Å²) in [6.45, 7) is 5.41. The number of para-hydroxylation sites is 1. The molecule has 0 aliphatic carbocycles. The fourth-order valence-electron chi connectivity index (χ4n) is 1.44. The van der Waals surface area contributed by atoms with Crippen LogP contribution in [-0.2, 0) is 14.9 Å². The molecule has 0 fully saturated rings. The minimum atomic E-state index is -1.57. The normalized spacial score (nSPS) is 10.9. The van der Waals surface area contributed by atoms with E-state index in [1.807, 2.05) is 38.1 Å². The van der Waals surface area contributed by atoms with Gasteiger partial charge in [0.05, 0.1) is 0 Å². The molecule has 0 atom stereocenters. The highest BCUT2D eigenvalue weighted by molar-refractivity contribution is 6.44. The second-order valence-corrected chi connectivity index (χ2v) is 5.18. The van der Waals surface area contributed by atoms with Crippen molar-refractivity contribution in [2.24, 2.45) is 0 Å². The highest BCUT2D eigenvalue weighted by atomic mass is 28.3. The number of nitrogens with two attached hydrogens (primary N) is 1. The number of nitrogen functional groups attached to an aromatic ring is 1. The van der Waals surface area contributed by atoms with Crippen molar-refractivity contribution in [1.82, 2.24) is 0 Å². The molecular weight excluding hydrogens is 206 g/mol. The van der Waals surface area contributed by atoms with Crippen LogP contribution in [0.5, 0.6) is 0 Å². The first-order valence-electron chi connectivity index (χ1n) is 5.34. The minimum absolute atomic E-state index is 0.712. The third-order valence-electron chi connectivity index (χ3n) is 2.15. The van der Waals surface area contributed by atoms with Crippen LogP contribution in [0.15, 0.2) is 24.3 Å². The third kappa shape index (κ3) is 4.03. The molecule has 0 bridgehead atoms. The van der Waals surface area contributed by atoms with Crippen LogP contribution >= 0.6 is 0 Å². The Balaban J connectivity index is 2.60. The summed E-state index contributed by atoms with van der Waals surface area (Å²) in [6.07, 6.45) is 0. The summed E-state index contributed by atoms with van der Waals surface area (Å²) in [6, 6.07) is 8.73. The predicted octanol–water partition coefficient (Wildman–Crippen LogP) is 1.64. The maximum Gasteiger partial charge on any atom is 0.325 e. The average Bonchev–Trinajstić information content (AvgIpc) is 2.22. The van der Waals surface area contributed by atoms with Gasteiger partial charge in [0.2, 0.25) is 0 Å². The van der Waals surface area contributed by atoms with Crippen LogP contribution in [0.3, 0.4) is 0 Å². The van der Waals surface area contributed by atoms with E-state index < -0.39 is 9.28 Å². The van der Waals surface area contributed by atoms with Crippen LogP contribution in [-0.4, -0.2) is 22.5 Å². The Labute approximate surface area is 93.0 Å². The van der Waals surface area contributed by atoms with Crippen molar-refractivity contribution in [3.63, 3.8) is 0 Å². The molecule has 1 aromatic carbocycles. The van der Waals surface area contributed by atoms with E-state index in [0.717, 1.165) is 17.3 Å². The Morgan fingerprint density at radius 1 is 1.13 bits per heavy atom. The molecule has 0 saturated heterocycles. The summed E-state index contributed by atoms with van der Waals surface area (Å²) in [4.78, 5) is 0. The number of anilines is 1. The first-order valence-corrected chi connectivity index (χ1v) is 7.10. The molecule has 1 aromatic rings. The summed E-state index contributed by atoms with van der Waals surface area (Å²) >= 11 is 0. The molecule has 1 rings (SSSR count). The number of benzene rings is 1. The van der Waals surface area contributed by atoms with Gasteiger partial charge in [-0.05, 0) is 25.5 Å². The van der Waals surface area contributed by atoms with Crippen LogP contribution in [0.2, 0.25) is 0 Å². The second kappa shape index (κ2) is 6.61. The summed E-state index contributed by atoms with van der Waals surface area (Å²) < 4.78 is 11.2. The first kappa shape index (κ1) is 12.2. The van der Waals surface area contributed by atoms with Crippen molar-refractivity contribution in [2.45, 2.75) is 19.9 Å². The van der Waals surface area contributed by atoms with Gasteiger partial charge in [0.15, 0.2) is 0 Å². The van der Waals surface area contributed by atoms with Crippen molar-refractivity contribution >= 4 is 15.0 Å². The lowest BCUT2D eigenvalue weighted by molar-refractivity contribution is 0.213.